The maximum atomic E-state index is 12.7. The maximum absolute atomic E-state index is 12.7. The lowest BCUT2D eigenvalue weighted by Gasteiger charge is -2.09. The van der Waals surface area contributed by atoms with Crippen molar-refractivity contribution in [1.82, 2.24) is 10.2 Å². The fraction of sp³-hybridized carbons (Fsp3) is 0.250. The highest BCUT2D eigenvalue weighted by Gasteiger charge is 2.21. The third kappa shape index (κ3) is 3.37. The summed E-state index contributed by atoms with van der Waals surface area (Å²) in [6.07, 6.45) is 3.38. The van der Waals surface area contributed by atoms with E-state index in [4.69, 9.17) is 4.42 Å². The number of nitrogens with zero attached hydrogens (tertiary/aromatic N) is 2. The van der Waals surface area contributed by atoms with Gasteiger partial charge in [-0.1, -0.05) is 42.1 Å². The molecule has 0 saturated carbocycles. The van der Waals surface area contributed by atoms with Gasteiger partial charge in [-0.05, 0) is 55.5 Å². The van der Waals surface area contributed by atoms with Crippen molar-refractivity contribution in [1.29, 1.82) is 0 Å². The molecule has 0 radical (unpaired) electrons. The third-order valence-corrected chi connectivity index (χ3v) is 5.39. The van der Waals surface area contributed by atoms with Crippen LogP contribution < -0.4 is 0 Å². The average molecular weight is 350 g/mol. The highest BCUT2D eigenvalue weighted by Crippen LogP contribution is 2.29. The summed E-state index contributed by atoms with van der Waals surface area (Å²) in [6, 6.07) is 15.7. The first-order chi connectivity index (χ1) is 12.2. The maximum Gasteiger partial charge on any atom is 0.277 e. The first-order valence-electron chi connectivity index (χ1n) is 8.42. The molecule has 0 saturated heterocycles. The van der Waals surface area contributed by atoms with E-state index in [0.717, 1.165) is 24.0 Å². The Morgan fingerprint density at radius 2 is 1.88 bits per heavy atom. The number of hydrogen-bond acceptors (Lipinski definition) is 5. The zero-order chi connectivity index (χ0) is 17.2. The number of carbonyl (C=O) groups excluding carboxylic acids is 1. The van der Waals surface area contributed by atoms with Crippen LogP contribution in [-0.2, 0) is 12.8 Å². The lowest BCUT2D eigenvalue weighted by atomic mass is 10.0. The highest BCUT2D eigenvalue weighted by atomic mass is 32.2. The van der Waals surface area contributed by atoms with E-state index < -0.39 is 0 Å². The topological polar surface area (TPSA) is 56.0 Å². The van der Waals surface area contributed by atoms with Crippen LogP contribution in [0, 0.1) is 0 Å². The molecule has 0 aliphatic heterocycles. The van der Waals surface area contributed by atoms with Crippen molar-refractivity contribution in [3.8, 4) is 11.5 Å². The van der Waals surface area contributed by atoms with Crippen molar-refractivity contribution < 1.29 is 9.21 Å². The Bertz CT molecular complexity index is 905. The van der Waals surface area contributed by atoms with Crippen molar-refractivity contribution in [2.75, 3.05) is 0 Å². The predicted octanol–water partition coefficient (Wildman–Crippen LogP) is 4.59. The molecule has 0 fully saturated rings. The Labute approximate surface area is 150 Å². The number of benzene rings is 2. The summed E-state index contributed by atoms with van der Waals surface area (Å²) in [5.74, 6) is 0.569. The van der Waals surface area contributed by atoms with Gasteiger partial charge >= 0.3 is 0 Å². The molecule has 1 aliphatic carbocycles. The minimum Gasteiger partial charge on any atom is -0.411 e. The van der Waals surface area contributed by atoms with Gasteiger partial charge in [0.05, 0.1) is 5.25 Å². The van der Waals surface area contributed by atoms with Crippen LogP contribution in [0.4, 0.5) is 0 Å². The van der Waals surface area contributed by atoms with Gasteiger partial charge in [-0.15, -0.1) is 10.2 Å². The zero-order valence-corrected chi connectivity index (χ0v) is 14.8. The quantitative estimate of drug-likeness (QED) is 0.498. The summed E-state index contributed by atoms with van der Waals surface area (Å²) >= 11 is 1.31. The highest BCUT2D eigenvalue weighted by molar-refractivity contribution is 8.00. The van der Waals surface area contributed by atoms with E-state index >= 15 is 0 Å². The number of carbonyl (C=O) groups is 1. The number of thioether (sulfide) groups is 1. The van der Waals surface area contributed by atoms with Gasteiger partial charge in [0.2, 0.25) is 5.89 Å². The molecule has 3 aromatic rings. The van der Waals surface area contributed by atoms with Gasteiger partial charge in [0.25, 0.3) is 5.22 Å². The fourth-order valence-corrected chi connectivity index (χ4v) is 3.88. The Balaban J connectivity index is 1.47. The van der Waals surface area contributed by atoms with E-state index in [-0.39, 0.29) is 11.0 Å². The number of aryl methyl sites for hydroxylation is 2. The summed E-state index contributed by atoms with van der Waals surface area (Å²) in [7, 11) is 0. The van der Waals surface area contributed by atoms with Crippen LogP contribution >= 0.6 is 11.8 Å². The number of aromatic nitrogens is 2. The molecule has 4 rings (SSSR count). The summed E-state index contributed by atoms with van der Waals surface area (Å²) in [4.78, 5) is 12.7. The van der Waals surface area contributed by atoms with Gasteiger partial charge in [-0.25, -0.2) is 0 Å². The standard InChI is InChI=1S/C20H18N2O2S/c1-13(18(23)17-11-10-14-8-5-9-16(14)12-17)25-20-22-21-19(24-20)15-6-3-2-4-7-15/h2-4,6-7,10-13H,5,8-9H2,1H3. The summed E-state index contributed by atoms with van der Waals surface area (Å²) in [5.41, 5.74) is 4.33. The first kappa shape index (κ1) is 16.1. The van der Waals surface area contributed by atoms with Crippen LogP contribution in [0.3, 0.4) is 0 Å². The number of ketones is 1. The molecule has 0 amide bonds. The van der Waals surface area contributed by atoms with Crippen molar-refractivity contribution in [2.24, 2.45) is 0 Å². The molecule has 5 heteroatoms. The van der Waals surface area contributed by atoms with E-state index in [2.05, 4.69) is 16.3 Å². The number of hydrogen-bond donors (Lipinski definition) is 0. The number of rotatable bonds is 5. The van der Waals surface area contributed by atoms with Crippen LogP contribution in [0.25, 0.3) is 11.5 Å². The minimum absolute atomic E-state index is 0.0964. The molecule has 4 nitrogen and oxygen atoms in total. The van der Waals surface area contributed by atoms with Gasteiger partial charge < -0.3 is 4.42 Å². The van der Waals surface area contributed by atoms with Crippen molar-refractivity contribution in [3.63, 3.8) is 0 Å². The molecule has 126 valence electrons. The molecular weight excluding hydrogens is 332 g/mol. The predicted molar refractivity (Wildman–Crippen MR) is 97.9 cm³/mol. The lowest BCUT2D eigenvalue weighted by Crippen LogP contribution is -2.13. The van der Waals surface area contributed by atoms with Gasteiger partial charge in [0.1, 0.15) is 0 Å². The van der Waals surface area contributed by atoms with Crippen LogP contribution in [0.5, 0.6) is 0 Å². The molecule has 0 N–H and O–H groups in total. The molecular formula is C20H18N2O2S. The minimum atomic E-state index is -0.275. The smallest absolute Gasteiger partial charge is 0.277 e. The normalized spacial score (nSPS) is 14.3. The number of Topliss-reactive ketones (excluding diaryl/α,β-unsaturated/α-hetero) is 1. The lowest BCUT2D eigenvalue weighted by molar-refractivity contribution is 0.0993. The van der Waals surface area contributed by atoms with Gasteiger partial charge in [-0.2, -0.15) is 0 Å². The Hall–Kier alpha value is -2.40. The molecule has 1 aromatic heterocycles. The van der Waals surface area contributed by atoms with Gasteiger partial charge in [0, 0.05) is 11.1 Å². The molecule has 1 heterocycles. The molecule has 0 spiro atoms. The van der Waals surface area contributed by atoms with Gasteiger partial charge in [-0.3, -0.25) is 4.79 Å². The van der Waals surface area contributed by atoms with E-state index in [1.165, 1.54) is 29.3 Å². The number of fused-ring (bicyclic) bond motifs is 1. The summed E-state index contributed by atoms with van der Waals surface area (Å²) in [6.45, 7) is 1.88. The first-order valence-corrected chi connectivity index (χ1v) is 9.30. The molecule has 1 atom stereocenters. The largest absolute Gasteiger partial charge is 0.411 e. The molecule has 0 bridgehead atoms. The van der Waals surface area contributed by atoms with E-state index in [0.29, 0.717) is 11.1 Å². The molecule has 2 aromatic carbocycles. The second-order valence-corrected chi connectivity index (χ2v) is 7.49. The Kier molecular flexibility index (Phi) is 4.40. The molecule has 1 aliphatic rings. The fourth-order valence-electron chi connectivity index (χ4n) is 3.12. The van der Waals surface area contributed by atoms with Gasteiger partial charge in [0.15, 0.2) is 5.78 Å². The van der Waals surface area contributed by atoms with Crippen LogP contribution in [0.15, 0.2) is 58.2 Å². The Morgan fingerprint density at radius 1 is 1.08 bits per heavy atom. The second kappa shape index (κ2) is 6.84. The monoisotopic (exact) mass is 350 g/mol. The third-order valence-electron chi connectivity index (χ3n) is 4.46. The average Bonchev–Trinajstić information content (AvgIpc) is 3.30. The zero-order valence-electron chi connectivity index (χ0n) is 13.9. The van der Waals surface area contributed by atoms with Crippen molar-refractivity contribution in [2.45, 2.75) is 36.7 Å². The van der Waals surface area contributed by atoms with Crippen LogP contribution in [-0.4, -0.2) is 21.2 Å². The van der Waals surface area contributed by atoms with Crippen LogP contribution in [0.1, 0.15) is 34.8 Å². The summed E-state index contributed by atoms with van der Waals surface area (Å²) < 4.78 is 5.69. The van der Waals surface area contributed by atoms with E-state index in [1.807, 2.05) is 49.4 Å². The second-order valence-electron chi connectivity index (χ2n) is 6.20. The van der Waals surface area contributed by atoms with Crippen LogP contribution in [0.2, 0.25) is 0 Å². The molecule has 1 unspecified atom stereocenters. The van der Waals surface area contributed by atoms with Crippen molar-refractivity contribution >= 4 is 17.5 Å². The Morgan fingerprint density at radius 3 is 2.72 bits per heavy atom. The van der Waals surface area contributed by atoms with E-state index in [9.17, 15) is 4.79 Å². The van der Waals surface area contributed by atoms with Crippen molar-refractivity contribution in [3.05, 3.63) is 65.2 Å². The molecule has 25 heavy (non-hydrogen) atoms. The SMILES string of the molecule is CC(Sc1nnc(-c2ccccc2)o1)C(=O)c1ccc2c(c1)CCC2. The summed E-state index contributed by atoms with van der Waals surface area (Å²) in [5, 5.41) is 8.27. The van der Waals surface area contributed by atoms with E-state index in [1.54, 1.807) is 0 Å².